The highest BCUT2D eigenvalue weighted by molar-refractivity contribution is 5.93. The molecule has 1 saturated heterocycles. The molecule has 0 aliphatic carbocycles. The highest BCUT2D eigenvalue weighted by atomic mass is 16.5. The Hall–Kier alpha value is -3.03. The average Bonchev–Trinajstić information content (AvgIpc) is 2.73. The van der Waals surface area contributed by atoms with Gasteiger partial charge in [0.25, 0.3) is 0 Å². The number of rotatable bonds is 6. The van der Waals surface area contributed by atoms with Crippen molar-refractivity contribution < 1.29 is 19.0 Å². The monoisotopic (exact) mass is 372 g/mol. The molecule has 1 aromatic heterocycles. The van der Waals surface area contributed by atoms with E-state index in [1.165, 1.54) is 0 Å². The molecule has 0 unspecified atom stereocenters. The second-order valence-electron chi connectivity index (χ2n) is 6.23. The van der Waals surface area contributed by atoms with Crippen molar-refractivity contribution >= 4 is 17.4 Å². The van der Waals surface area contributed by atoms with E-state index in [1.807, 2.05) is 0 Å². The predicted octanol–water partition coefficient (Wildman–Crippen LogP) is 2.36. The molecular formula is C19H24N4O4. The summed E-state index contributed by atoms with van der Waals surface area (Å²) >= 11 is 0. The number of amides is 1. The zero-order valence-electron chi connectivity index (χ0n) is 15.8. The lowest BCUT2D eigenvalue weighted by molar-refractivity contribution is -0.120. The Bertz CT molecular complexity index is 752. The zero-order chi connectivity index (χ0) is 19.2. The van der Waals surface area contributed by atoms with Crippen molar-refractivity contribution in [3.05, 3.63) is 30.7 Å². The van der Waals surface area contributed by atoms with Crippen molar-refractivity contribution in [3.63, 3.8) is 0 Å². The van der Waals surface area contributed by atoms with Crippen molar-refractivity contribution in [2.75, 3.05) is 44.6 Å². The smallest absolute Gasteiger partial charge is 0.227 e. The van der Waals surface area contributed by atoms with Gasteiger partial charge >= 0.3 is 0 Å². The number of carbonyl (C=O) groups excluding carboxylic acids is 1. The number of anilines is 2. The van der Waals surface area contributed by atoms with E-state index in [9.17, 15) is 4.79 Å². The van der Waals surface area contributed by atoms with Crippen LogP contribution in [0.1, 0.15) is 12.8 Å². The van der Waals surface area contributed by atoms with Crippen LogP contribution < -0.4 is 24.4 Å². The lowest BCUT2D eigenvalue weighted by Gasteiger charge is -2.31. The summed E-state index contributed by atoms with van der Waals surface area (Å²) in [5.41, 5.74) is 0.617. The Morgan fingerprint density at radius 3 is 2.26 bits per heavy atom. The fourth-order valence-electron chi connectivity index (χ4n) is 3.22. The molecule has 1 aromatic carbocycles. The first-order valence-electron chi connectivity index (χ1n) is 8.78. The van der Waals surface area contributed by atoms with Gasteiger partial charge < -0.3 is 24.4 Å². The normalized spacial score (nSPS) is 14.6. The number of hydrogen-bond acceptors (Lipinski definition) is 7. The minimum atomic E-state index is -0.0583. The second-order valence-corrected chi connectivity index (χ2v) is 6.23. The summed E-state index contributed by atoms with van der Waals surface area (Å²) in [5.74, 6) is 2.28. The number of benzene rings is 1. The van der Waals surface area contributed by atoms with E-state index in [-0.39, 0.29) is 11.8 Å². The second kappa shape index (κ2) is 8.57. The average molecular weight is 372 g/mol. The molecule has 0 spiro atoms. The maximum absolute atomic E-state index is 12.7. The molecule has 8 heteroatoms. The first-order valence-corrected chi connectivity index (χ1v) is 8.78. The summed E-state index contributed by atoms with van der Waals surface area (Å²) in [4.78, 5) is 23.3. The van der Waals surface area contributed by atoms with Gasteiger partial charge in [0.1, 0.15) is 5.82 Å². The lowest BCUT2D eigenvalue weighted by Crippen LogP contribution is -2.38. The molecule has 144 valence electrons. The first kappa shape index (κ1) is 18.8. The number of ether oxygens (including phenoxy) is 3. The summed E-state index contributed by atoms with van der Waals surface area (Å²) in [6.07, 6.45) is 6.59. The third-order valence-corrected chi connectivity index (χ3v) is 4.67. The third kappa shape index (κ3) is 4.21. The van der Waals surface area contributed by atoms with Crippen molar-refractivity contribution in [2.24, 2.45) is 5.92 Å². The van der Waals surface area contributed by atoms with Crippen LogP contribution in [0.3, 0.4) is 0 Å². The fraction of sp³-hybridized carbons (Fsp3) is 0.421. The third-order valence-electron chi connectivity index (χ3n) is 4.67. The Balaban J connectivity index is 1.64. The molecule has 1 amide bonds. The lowest BCUT2D eigenvalue weighted by atomic mass is 9.96. The van der Waals surface area contributed by atoms with Crippen molar-refractivity contribution in [1.82, 2.24) is 9.97 Å². The largest absolute Gasteiger partial charge is 0.493 e. The predicted molar refractivity (Wildman–Crippen MR) is 102 cm³/mol. The van der Waals surface area contributed by atoms with Gasteiger partial charge in [-0.25, -0.2) is 4.98 Å². The van der Waals surface area contributed by atoms with Crippen LogP contribution in [-0.4, -0.2) is 50.3 Å². The molecular weight excluding hydrogens is 348 g/mol. The van der Waals surface area contributed by atoms with E-state index in [1.54, 1.807) is 52.1 Å². The van der Waals surface area contributed by atoms with Crippen molar-refractivity contribution in [2.45, 2.75) is 12.8 Å². The molecule has 2 heterocycles. The van der Waals surface area contributed by atoms with Crippen molar-refractivity contribution in [3.8, 4) is 17.2 Å². The molecule has 1 fully saturated rings. The quantitative estimate of drug-likeness (QED) is 0.833. The SMILES string of the molecule is COc1cc(NC(=O)C2CCN(c3cnccn3)CC2)cc(OC)c1OC. The van der Waals surface area contributed by atoms with Crippen LogP contribution in [0.2, 0.25) is 0 Å². The zero-order valence-corrected chi connectivity index (χ0v) is 15.8. The van der Waals surface area contributed by atoms with Gasteiger partial charge in [0.15, 0.2) is 11.5 Å². The molecule has 27 heavy (non-hydrogen) atoms. The highest BCUT2D eigenvalue weighted by Gasteiger charge is 2.26. The molecule has 0 atom stereocenters. The number of methoxy groups -OCH3 is 3. The van der Waals surface area contributed by atoms with E-state index < -0.39 is 0 Å². The van der Waals surface area contributed by atoms with E-state index in [0.29, 0.717) is 22.9 Å². The maximum atomic E-state index is 12.7. The molecule has 0 saturated carbocycles. The fourth-order valence-corrected chi connectivity index (χ4v) is 3.22. The number of nitrogens with one attached hydrogen (secondary N) is 1. The number of piperidine rings is 1. The van der Waals surface area contributed by atoms with Crippen LogP contribution in [0, 0.1) is 5.92 Å². The summed E-state index contributed by atoms with van der Waals surface area (Å²) in [6, 6.07) is 3.46. The van der Waals surface area contributed by atoms with Crippen LogP contribution in [0.5, 0.6) is 17.2 Å². The van der Waals surface area contributed by atoms with Crippen LogP contribution in [0.25, 0.3) is 0 Å². The van der Waals surface area contributed by atoms with Crippen LogP contribution >= 0.6 is 0 Å². The van der Waals surface area contributed by atoms with Gasteiger partial charge in [-0.3, -0.25) is 9.78 Å². The molecule has 2 aromatic rings. The van der Waals surface area contributed by atoms with Crippen LogP contribution in [0.4, 0.5) is 11.5 Å². The maximum Gasteiger partial charge on any atom is 0.227 e. The summed E-state index contributed by atoms with van der Waals surface area (Å²) in [7, 11) is 4.64. The summed E-state index contributed by atoms with van der Waals surface area (Å²) in [6.45, 7) is 1.54. The number of aromatic nitrogens is 2. The van der Waals surface area contributed by atoms with E-state index in [2.05, 4.69) is 20.2 Å². The van der Waals surface area contributed by atoms with Gasteiger partial charge in [-0.05, 0) is 12.8 Å². The molecule has 8 nitrogen and oxygen atoms in total. The van der Waals surface area contributed by atoms with Gasteiger partial charge in [-0.15, -0.1) is 0 Å². The van der Waals surface area contributed by atoms with Crippen LogP contribution in [-0.2, 0) is 4.79 Å². The molecule has 1 aliphatic heterocycles. The van der Waals surface area contributed by atoms with Gasteiger partial charge in [-0.2, -0.15) is 0 Å². The van der Waals surface area contributed by atoms with E-state index >= 15 is 0 Å². The standard InChI is InChI=1S/C19H24N4O4/c1-25-15-10-14(11-16(26-2)18(15)27-3)22-19(24)13-4-8-23(9-5-13)17-12-20-6-7-21-17/h6-7,10-13H,4-5,8-9H2,1-3H3,(H,22,24). The number of carbonyl (C=O) groups is 1. The molecule has 0 bridgehead atoms. The van der Waals surface area contributed by atoms with Crippen LogP contribution in [0.15, 0.2) is 30.7 Å². The highest BCUT2D eigenvalue weighted by Crippen LogP contribution is 2.40. The summed E-state index contributed by atoms with van der Waals surface area (Å²) in [5, 5.41) is 2.97. The van der Waals surface area contributed by atoms with Gasteiger partial charge in [-0.1, -0.05) is 0 Å². The van der Waals surface area contributed by atoms with Gasteiger partial charge in [0.2, 0.25) is 11.7 Å². The number of hydrogen-bond donors (Lipinski definition) is 1. The van der Waals surface area contributed by atoms with E-state index in [0.717, 1.165) is 31.7 Å². The molecule has 3 rings (SSSR count). The minimum absolute atomic E-state index is 0.0110. The van der Waals surface area contributed by atoms with Gasteiger partial charge in [0, 0.05) is 49.2 Å². The molecule has 1 N–H and O–H groups in total. The summed E-state index contributed by atoms with van der Waals surface area (Å²) < 4.78 is 16.0. The van der Waals surface area contributed by atoms with E-state index in [4.69, 9.17) is 14.2 Å². The Morgan fingerprint density at radius 2 is 1.74 bits per heavy atom. The van der Waals surface area contributed by atoms with Gasteiger partial charge in [0.05, 0.1) is 27.5 Å². The first-order chi connectivity index (χ1) is 13.2. The Labute approximate surface area is 158 Å². The molecule has 1 aliphatic rings. The number of nitrogens with zero attached hydrogens (tertiary/aromatic N) is 3. The van der Waals surface area contributed by atoms with Crippen molar-refractivity contribution in [1.29, 1.82) is 0 Å². The minimum Gasteiger partial charge on any atom is -0.493 e. The Kier molecular flexibility index (Phi) is 5.95. The topological polar surface area (TPSA) is 85.8 Å². The Morgan fingerprint density at radius 1 is 1.07 bits per heavy atom. The molecule has 0 radical (unpaired) electrons.